The van der Waals surface area contributed by atoms with Crippen LogP contribution in [0.3, 0.4) is 0 Å². The number of carbonyl (C=O) groups excluding carboxylic acids is 1. The summed E-state index contributed by atoms with van der Waals surface area (Å²) in [5.74, 6) is 0.0375. The van der Waals surface area contributed by atoms with Gasteiger partial charge >= 0.3 is 0 Å². The lowest BCUT2D eigenvalue weighted by Crippen LogP contribution is -2.62. The summed E-state index contributed by atoms with van der Waals surface area (Å²) in [5, 5.41) is 6.55. The molecule has 0 spiro atoms. The van der Waals surface area contributed by atoms with Crippen LogP contribution < -0.4 is 10.6 Å². The van der Waals surface area contributed by atoms with Crippen molar-refractivity contribution < 1.29 is 9.28 Å². The summed E-state index contributed by atoms with van der Waals surface area (Å²) in [6.45, 7) is 9.11. The third-order valence-electron chi connectivity index (χ3n) is 5.15. The van der Waals surface area contributed by atoms with E-state index in [0.29, 0.717) is 6.17 Å². The number of nitrogens with zero attached hydrogens (tertiary/aromatic N) is 1. The smallest absolute Gasteiger partial charge is 0.221 e. The molecule has 2 N–H and O–H groups in total. The maximum absolute atomic E-state index is 11.4. The van der Waals surface area contributed by atoms with Gasteiger partial charge in [0.1, 0.15) is 6.20 Å². The molecule has 138 valence electrons. The van der Waals surface area contributed by atoms with Gasteiger partial charge in [0.05, 0.1) is 12.7 Å². The van der Waals surface area contributed by atoms with Crippen LogP contribution in [-0.4, -0.2) is 29.3 Å². The highest BCUT2D eigenvalue weighted by molar-refractivity contribution is 5.72. The minimum atomic E-state index is 0.0375. The van der Waals surface area contributed by atoms with E-state index in [1.54, 1.807) is 6.92 Å². The Bertz CT molecular complexity index is 419. The molecule has 1 aliphatic rings. The zero-order valence-corrected chi connectivity index (χ0v) is 16.2. The molecule has 0 aliphatic carbocycles. The molecule has 1 heterocycles. The van der Waals surface area contributed by atoms with Crippen molar-refractivity contribution in [3.63, 3.8) is 0 Å². The Morgan fingerprint density at radius 3 is 2.58 bits per heavy atom. The molecule has 0 aromatic rings. The molecule has 0 radical (unpaired) electrons. The fourth-order valence-corrected chi connectivity index (χ4v) is 3.63. The van der Waals surface area contributed by atoms with Crippen LogP contribution in [0.4, 0.5) is 0 Å². The van der Waals surface area contributed by atoms with Gasteiger partial charge in [-0.05, 0) is 26.2 Å². The van der Waals surface area contributed by atoms with Crippen LogP contribution in [-0.2, 0) is 4.79 Å². The van der Waals surface area contributed by atoms with E-state index in [0.717, 1.165) is 23.9 Å². The maximum atomic E-state index is 11.4. The number of carbonyl (C=O) groups is 1. The number of quaternary nitrogens is 1. The zero-order valence-electron chi connectivity index (χ0n) is 16.2. The molecule has 0 saturated carbocycles. The molecule has 1 aliphatic heterocycles. The fraction of sp³-hybridized carbons (Fsp3) is 0.750. The minimum absolute atomic E-state index is 0.0375. The highest BCUT2D eigenvalue weighted by Gasteiger charge is 2.41. The molecule has 1 amide bonds. The van der Waals surface area contributed by atoms with Crippen LogP contribution in [0.15, 0.2) is 24.6 Å². The van der Waals surface area contributed by atoms with Gasteiger partial charge in [-0.25, -0.2) is 0 Å². The molecule has 0 aromatic carbocycles. The van der Waals surface area contributed by atoms with E-state index in [1.807, 2.05) is 6.20 Å². The van der Waals surface area contributed by atoms with Crippen molar-refractivity contribution >= 4 is 5.91 Å². The molecule has 0 bridgehead atoms. The summed E-state index contributed by atoms with van der Waals surface area (Å²) in [5.41, 5.74) is 0. The number of amides is 1. The Balaban J connectivity index is 2.36. The zero-order chi connectivity index (χ0) is 17.8. The number of nitrogens with one attached hydrogen (secondary N) is 2. The lowest BCUT2D eigenvalue weighted by molar-refractivity contribution is -0.923. The summed E-state index contributed by atoms with van der Waals surface area (Å²) >= 11 is 0. The van der Waals surface area contributed by atoms with Gasteiger partial charge in [-0.3, -0.25) is 9.28 Å². The highest BCUT2D eigenvalue weighted by Crippen LogP contribution is 2.25. The van der Waals surface area contributed by atoms with E-state index in [-0.39, 0.29) is 12.1 Å². The predicted octanol–water partition coefficient (Wildman–Crippen LogP) is 4.40. The fourth-order valence-electron chi connectivity index (χ4n) is 3.63. The Labute approximate surface area is 149 Å². The van der Waals surface area contributed by atoms with Crippen molar-refractivity contribution in [1.82, 2.24) is 10.6 Å². The van der Waals surface area contributed by atoms with Crippen LogP contribution >= 0.6 is 0 Å². The Hall–Kier alpha value is -1.29. The Morgan fingerprint density at radius 1 is 1.21 bits per heavy atom. The van der Waals surface area contributed by atoms with Crippen molar-refractivity contribution in [3.8, 4) is 0 Å². The molecule has 0 aromatic heterocycles. The number of hydrogen-bond donors (Lipinski definition) is 2. The topological polar surface area (TPSA) is 41.1 Å². The number of hydrogen-bond acceptors (Lipinski definition) is 2. The largest absolute Gasteiger partial charge is 0.338 e. The first-order valence-electron chi connectivity index (χ1n) is 9.79. The average Bonchev–Trinajstić information content (AvgIpc) is 2.97. The van der Waals surface area contributed by atoms with Crippen molar-refractivity contribution in [2.24, 2.45) is 0 Å². The van der Waals surface area contributed by atoms with Gasteiger partial charge in [-0.15, -0.1) is 0 Å². The van der Waals surface area contributed by atoms with Crippen molar-refractivity contribution in [2.75, 3.05) is 6.54 Å². The van der Waals surface area contributed by atoms with Gasteiger partial charge in [-0.2, -0.15) is 0 Å². The monoisotopic (exact) mass is 336 g/mol. The van der Waals surface area contributed by atoms with Gasteiger partial charge in [0, 0.05) is 20.3 Å². The van der Waals surface area contributed by atoms with Crippen LogP contribution in [0, 0.1) is 0 Å². The van der Waals surface area contributed by atoms with Gasteiger partial charge < -0.3 is 10.6 Å². The molecule has 3 atom stereocenters. The quantitative estimate of drug-likeness (QED) is 0.315. The van der Waals surface area contributed by atoms with E-state index < -0.39 is 0 Å². The SMILES string of the molecule is CCCCCCC/C=C/CCC1NC=C[N+]1(CC)C(C)NC(C)=O. The molecule has 0 saturated heterocycles. The van der Waals surface area contributed by atoms with Crippen LogP contribution in [0.1, 0.15) is 79.1 Å². The van der Waals surface area contributed by atoms with E-state index in [1.165, 1.54) is 38.5 Å². The standard InChI is InChI=1S/C20H37N3O/c1-5-7-8-9-10-11-12-13-14-15-20-21-16-17-23(20,6-2)18(3)22-19(4)24/h12-13,16-18,20-21H,5-11,14-15H2,1-4H3/p+1/b13-12+. The van der Waals surface area contributed by atoms with Crippen molar-refractivity contribution in [1.29, 1.82) is 0 Å². The first-order chi connectivity index (χ1) is 11.6. The van der Waals surface area contributed by atoms with E-state index in [4.69, 9.17) is 0 Å². The van der Waals surface area contributed by atoms with Crippen LogP contribution in [0.2, 0.25) is 0 Å². The summed E-state index contributed by atoms with van der Waals surface area (Å²) in [6.07, 6.45) is 19.4. The summed E-state index contributed by atoms with van der Waals surface area (Å²) in [7, 11) is 0. The predicted molar refractivity (Wildman–Crippen MR) is 102 cm³/mol. The number of unbranched alkanes of at least 4 members (excludes halogenated alkanes) is 5. The third kappa shape index (κ3) is 6.31. The van der Waals surface area contributed by atoms with E-state index in [9.17, 15) is 4.79 Å². The molecule has 24 heavy (non-hydrogen) atoms. The second-order valence-corrected chi connectivity index (χ2v) is 6.94. The first kappa shape index (κ1) is 20.8. The molecular weight excluding hydrogens is 298 g/mol. The van der Waals surface area contributed by atoms with Gasteiger partial charge in [0.25, 0.3) is 0 Å². The average molecular weight is 337 g/mol. The Morgan fingerprint density at radius 2 is 1.92 bits per heavy atom. The number of rotatable bonds is 12. The minimum Gasteiger partial charge on any atom is -0.338 e. The van der Waals surface area contributed by atoms with Gasteiger partial charge in [0.15, 0.2) is 12.3 Å². The molecule has 1 rings (SSSR count). The molecular formula is C20H38N3O+. The van der Waals surface area contributed by atoms with E-state index in [2.05, 4.69) is 49.8 Å². The van der Waals surface area contributed by atoms with Crippen molar-refractivity contribution in [2.45, 2.75) is 91.4 Å². The first-order valence-corrected chi connectivity index (χ1v) is 9.79. The lowest BCUT2D eigenvalue weighted by atomic mass is 10.1. The molecule has 4 nitrogen and oxygen atoms in total. The van der Waals surface area contributed by atoms with E-state index >= 15 is 0 Å². The van der Waals surface area contributed by atoms with Crippen molar-refractivity contribution in [3.05, 3.63) is 24.6 Å². The maximum Gasteiger partial charge on any atom is 0.221 e. The third-order valence-corrected chi connectivity index (χ3v) is 5.15. The summed E-state index contributed by atoms with van der Waals surface area (Å²) in [4.78, 5) is 11.4. The van der Waals surface area contributed by atoms with Crippen LogP contribution in [0.25, 0.3) is 0 Å². The van der Waals surface area contributed by atoms with Gasteiger partial charge in [0.2, 0.25) is 5.91 Å². The Kier molecular flexibility index (Phi) is 9.77. The van der Waals surface area contributed by atoms with Crippen LogP contribution in [0.5, 0.6) is 0 Å². The number of allylic oxidation sites excluding steroid dienone is 2. The lowest BCUT2D eigenvalue weighted by Gasteiger charge is -2.41. The van der Waals surface area contributed by atoms with Gasteiger partial charge in [-0.1, -0.05) is 44.8 Å². The second kappa shape index (κ2) is 11.3. The summed E-state index contributed by atoms with van der Waals surface area (Å²) < 4.78 is 0.782. The highest BCUT2D eigenvalue weighted by atomic mass is 16.1. The summed E-state index contributed by atoms with van der Waals surface area (Å²) in [6, 6.07) is 0. The normalized spacial score (nSPS) is 24.2. The molecule has 0 fully saturated rings. The molecule has 3 unspecified atom stereocenters. The molecule has 4 heteroatoms. The second-order valence-electron chi connectivity index (χ2n) is 6.94.